The number of hydrogen-bond acceptors (Lipinski definition) is 8. The SMILES string of the molecule is O=C(Cn1c2c(sc1=O)[C@@H](c1cccc(Br)c1)[C@@H]1C(=O)N(c3ccc([N+](=O)[O-])cc3)C(=O)[C@@H]1S2)Nc1ccc(Cl)cc1. The Balaban J connectivity index is 1.40. The highest BCUT2D eigenvalue weighted by Gasteiger charge is 2.56. The monoisotopic (exact) mass is 684 g/mol. The number of fused-ring (bicyclic) bond motifs is 2. The van der Waals surface area contributed by atoms with E-state index < -0.39 is 39.7 Å². The summed E-state index contributed by atoms with van der Waals surface area (Å²) in [6, 6.07) is 19.1. The Morgan fingerprint density at radius 1 is 1.02 bits per heavy atom. The lowest BCUT2D eigenvalue weighted by atomic mass is 9.83. The number of amides is 3. The van der Waals surface area contributed by atoms with Crippen LogP contribution < -0.4 is 15.1 Å². The zero-order valence-corrected chi connectivity index (χ0v) is 25.2. The molecule has 3 heterocycles. The predicted molar refractivity (Wildman–Crippen MR) is 163 cm³/mol. The van der Waals surface area contributed by atoms with Crippen LogP contribution in [0, 0.1) is 16.0 Å². The van der Waals surface area contributed by atoms with Crippen molar-refractivity contribution < 1.29 is 19.3 Å². The summed E-state index contributed by atoms with van der Waals surface area (Å²) in [6.07, 6.45) is 0. The first-order valence-corrected chi connectivity index (χ1v) is 15.3. The number of imide groups is 1. The summed E-state index contributed by atoms with van der Waals surface area (Å²) >= 11 is 11.4. The van der Waals surface area contributed by atoms with Crippen LogP contribution in [0.2, 0.25) is 5.02 Å². The quantitative estimate of drug-likeness (QED) is 0.157. The van der Waals surface area contributed by atoms with Crippen LogP contribution in [0.1, 0.15) is 16.4 Å². The second kappa shape index (κ2) is 11.1. The number of nitrogens with one attached hydrogen (secondary N) is 1. The first-order valence-electron chi connectivity index (χ1n) is 12.5. The number of thiazole rings is 1. The Morgan fingerprint density at radius 2 is 1.74 bits per heavy atom. The lowest BCUT2D eigenvalue weighted by Crippen LogP contribution is -2.33. The minimum atomic E-state index is -0.885. The van der Waals surface area contributed by atoms with Gasteiger partial charge in [0.15, 0.2) is 0 Å². The van der Waals surface area contributed by atoms with Crippen molar-refractivity contribution in [2.24, 2.45) is 5.92 Å². The summed E-state index contributed by atoms with van der Waals surface area (Å²) in [5.74, 6) is -2.88. The number of nitro groups is 1. The molecule has 1 saturated heterocycles. The molecule has 212 valence electrons. The molecule has 3 atom stereocenters. The molecule has 4 aromatic rings. The number of nitro benzene ring substituents is 1. The van der Waals surface area contributed by atoms with Crippen molar-refractivity contribution in [3.8, 4) is 0 Å². The third-order valence-corrected chi connectivity index (χ3v) is 10.4. The molecule has 6 rings (SSSR count). The molecule has 1 aromatic heterocycles. The summed E-state index contributed by atoms with van der Waals surface area (Å²) in [5, 5.41) is 14.0. The topological polar surface area (TPSA) is 132 Å². The smallest absolute Gasteiger partial charge is 0.308 e. The van der Waals surface area contributed by atoms with Crippen LogP contribution in [0.3, 0.4) is 0 Å². The molecule has 3 aromatic carbocycles. The number of carbonyl (C=O) groups is 3. The number of hydrogen-bond donors (Lipinski definition) is 1. The van der Waals surface area contributed by atoms with Crippen LogP contribution in [0.5, 0.6) is 0 Å². The Kier molecular flexibility index (Phi) is 7.51. The number of benzene rings is 3. The fraction of sp³-hybridized carbons (Fsp3) is 0.143. The van der Waals surface area contributed by atoms with Gasteiger partial charge in [-0.2, -0.15) is 0 Å². The van der Waals surface area contributed by atoms with Crippen LogP contribution >= 0.6 is 50.6 Å². The number of rotatable bonds is 6. The number of carbonyl (C=O) groups excluding carboxylic acids is 3. The fourth-order valence-electron chi connectivity index (χ4n) is 5.17. The van der Waals surface area contributed by atoms with E-state index in [1.54, 1.807) is 24.3 Å². The van der Waals surface area contributed by atoms with Gasteiger partial charge in [0.2, 0.25) is 17.7 Å². The van der Waals surface area contributed by atoms with E-state index in [1.807, 2.05) is 24.3 Å². The van der Waals surface area contributed by atoms with Gasteiger partial charge in [-0.1, -0.05) is 62.8 Å². The molecule has 0 spiro atoms. The Hall–Kier alpha value is -3.78. The minimum Gasteiger partial charge on any atom is -0.325 e. The van der Waals surface area contributed by atoms with Crippen molar-refractivity contribution in [3.63, 3.8) is 0 Å². The normalized spacial score (nSPS) is 19.4. The second-order valence-electron chi connectivity index (χ2n) is 9.56. The van der Waals surface area contributed by atoms with Crippen LogP contribution in [-0.4, -0.2) is 32.5 Å². The van der Waals surface area contributed by atoms with E-state index in [2.05, 4.69) is 21.2 Å². The summed E-state index contributed by atoms with van der Waals surface area (Å²) in [4.78, 5) is 65.8. The summed E-state index contributed by atoms with van der Waals surface area (Å²) in [6.45, 7) is -0.295. The van der Waals surface area contributed by atoms with Gasteiger partial charge in [-0.05, 0) is 54.1 Å². The average molecular weight is 686 g/mol. The molecule has 10 nitrogen and oxygen atoms in total. The molecule has 0 bridgehead atoms. The van der Waals surface area contributed by atoms with Crippen molar-refractivity contribution in [1.82, 2.24) is 4.57 Å². The number of non-ortho nitro benzene ring substituents is 1. The van der Waals surface area contributed by atoms with Crippen LogP contribution in [0.15, 0.2) is 87.1 Å². The molecule has 2 aliphatic heterocycles. The first kappa shape index (κ1) is 28.3. The van der Waals surface area contributed by atoms with Crippen molar-refractivity contribution in [2.75, 3.05) is 10.2 Å². The maximum Gasteiger partial charge on any atom is 0.308 e. The van der Waals surface area contributed by atoms with Gasteiger partial charge in [-0.3, -0.25) is 33.9 Å². The lowest BCUT2D eigenvalue weighted by Gasteiger charge is -2.30. The molecule has 1 fully saturated rings. The van der Waals surface area contributed by atoms with Crippen molar-refractivity contribution in [1.29, 1.82) is 0 Å². The molecule has 14 heteroatoms. The van der Waals surface area contributed by atoms with E-state index in [0.717, 1.165) is 38.0 Å². The standard InChI is InChI=1S/C28H18BrClN4O6S2/c29-15-3-1-2-14(12-15)21-22-23(26(37)33(25(22)36)18-8-10-19(11-9-18)34(39)40)41-27-24(21)42-28(38)32(27)13-20(35)31-17-6-4-16(30)5-7-17/h1-12,21-23H,13H2,(H,31,35)/t21-,22-,23+/m0/s1. The van der Waals surface area contributed by atoms with Crippen LogP contribution in [0.25, 0.3) is 0 Å². The van der Waals surface area contributed by atoms with Crippen molar-refractivity contribution in [3.05, 3.63) is 113 Å². The van der Waals surface area contributed by atoms with E-state index in [9.17, 15) is 29.3 Å². The number of nitrogens with zero attached hydrogens (tertiary/aromatic N) is 3. The fourth-order valence-corrected chi connectivity index (χ4v) is 8.49. The highest BCUT2D eigenvalue weighted by atomic mass is 79.9. The number of anilines is 2. The highest BCUT2D eigenvalue weighted by Crippen LogP contribution is 2.54. The molecule has 1 N–H and O–H groups in total. The van der Waals surface area contributed by atoms with E-state index in [0.29, 0.717) is 20.6 Å². The zero-order valence-electron chi connectivity index (χ0n) is 21.2. The number of thioether (sulfide) groups is 1. The van der Waals surface area contributed by atoms with Gasteiger partial charge in [0.1, 0.15) is 11.8 Å². The lowest BCUT2D eigenvalue weighted by molar-refractivity contribution is -0.384. The van der Waals surface area contributed by atoms with Crippen LogP contribution in [0.4, 0.5) is 17.1 Å². The van der Waals surface area contributed by atoms with E-state index in [1.165, 1.54) is 28.8 Å². The summed E-state index contributed by atoms with van der Waals surface area (Å²) < 4.78 is 2.10. The van der Waals surface area contributed by atoms with Crippen molar-refractivity contribution >= 4 is 85.4 Å². The first-order chi connectivity index (χ1) is 20.1. The molecule has 0 saturated carbocycles. The van der Waals surface area contributed by atoms with Gasteiger partial charge in [-0.15, -0.1) is 0 Å². The van der Waals surface area contributed by atoms with Gasteiger partial charge in [0, 0.05) is 38.1 Å². The van der Waals surface area contributed by atoms with Gasteiger partial charge in [0.25, 0.3) is 5.69 Å². The predicted octanol–water partition coefficient (Wildman–Crippen LogP) is 5.67. The largest absolute Gasteiger partial charge is 0.325 e. The van der Waals surface area contributed by atoms with E-state index in [-0.39, 0.29) is 22.8 Å². The second-order valence-corrected chi connectivity index (χ2v) is 13.0. The molecule has 42 heavy (non-hydrogen) atoms. The summed E-state index contributed by atoms with van der Waals surface area (Å²) in [5.41, 5.74) is 1.30. The van der Waals surface area contributed by atoms with Crippen LogP contribution in [-0.2, 0) is 20.9 Å². The zero-order chi connectivity index (χ0) is 29.7. The molecule has 3 amide bonds. The minimum absolute atomic E-state index is 0.167. The van der Waals surface area contributed by atoms with Gasteiger partial charge >= 0.3 is 4.87 Å². The highest BCUT2D eigenvalue weighted by molar-refractivity contribution is 9.10. The molecule has 0 unspecified atom stereocenters. The number of halogens is 2. The maximum atomic E-state index is 13.9. The Labute approximate surface area is 259 Å². The van der Waals surface area contributed by atoms with Gasteiger partial charge in [0.05, 0.1) is 21.6 Å². The van der Waals surface area contributed by atoms with E-state index in [4.69, 9.17) is 11.6 Å². The van der Waals surface area contributed by atoms with Gasteiger partial charge in [-0.25, -0.2) is 4.90 Å². The van der Waals surface area contributed by atoms with Gasteiger partial charge < -0.3 is 5.32 Å². The Bertz CT molecular complexity index is 1830. The molecular weight excluding hydrogens is 668 g/mol. The Morgan fingerprint density at radius 3 is 2.40 bits per heavy atom. The van der Waals surface area contributed by atoms with E-state index >= 15 is 0 Å². The molecular formula is C28H18BrClN4O6S2. The third-order valence-electron chi connectivity index (χ3n) is 7.01. The molecule has 0 aliphatic carbocycles. The van der Waals surface area contributed by atoms with Crippen molar-refractivity contribution in [2.45, 2.75) is 22.7 Å². The third kappa shape index (κ3) is 5.06. The summed E-state index contributed by atoms with van der Waals surface area (Å²) in [7, 11) is 0. The molecule has 2 aliphatic rings. The average Bonchev–Trinajstić information content (AvgIpc) is 3.40. The maximum absolute atomic E-state index is 13.9. The molecule has 0 radical (unpaired) electrons. The number of aromatic nitrogens is 1.